The Hall–Kier alpha value is -1.56. The average molecular weight is 285 g/mol. The van der Waals surface area contributed by atoms with Gasteiger partial charge in [0.15, 0.2) is 0 Å². The molecule has 1 N–H and O–H groups in total. The van der Waals surface area contributed by atoms with Crippen LogP contribution < -0.4 is 9.46 Å². The van der Waals surface area contributed by atoms with Gasteiger partial charge in [-0.3, -0.25) is 4.79 Å². The van der Waals surface area contributed by atoms with Crippen molar-refractivity contribution < 1.29 is 17.9 Å². The standard InChI is InChI=1S/C13H19NO4S/c1-3-5-9-13(15)14-19(16,17)12-8-6-7-11(10-12)18-4-2/h6-8,10H,3-5,9H2,1-2H3,(H,14,15). The predicted molar refractivity (Wildman–Crippen MR) is 72.5 cm³/mol. The van der Waals surface area contributed by atoms with E-state index in [0.29, 0.717) is 18.8 Å². The summed E-state index contributed by atoms with van der Waals surface area (Å²) in [6.45, 7) is 4.20. The third-order valence-electron chi connectivity index (χ3n) is 2.43. The summed E-state index contributed by atoms with van der Waals surface area (Å²) >= 11 is 0. The molecule has 0 radical (unpaired) electrons. The zero-order valence-corrected chi connectivity index (χ0v) is 12.0. The van der Waals surface area contributed by atoms with Gasteiger partial charge in [0.2, 0.25) is 5.91 Å². The normalized spacial score (nSPS) is 11.1. The van der Waals surface area contributed by atoms with Gasteiger partial charge in [0, 0.05) is 12.5 Å². The Kier molecular flexibility index (Phi) is 5.82. The second-order valence-corrected chi connectivity index (χ2v) is 5.72. The van der Waals surface area contributed by atoms with Crippen molar-refractivity contribution in [2.24, 2.45) is 0 Å². The highest BCUT2D eigenvalue weighted by Gasteiger charge is 2.17. The van der Waals surface area contributed by atoms with Gasteiger partial charge in [0.25, 0.3) is 10.0 Å². The minimum Gasteiger partial charge on any atom is -0.494 e. The molecule has 106 valence electrons. The molecule has 1 amide bonds. The molecule has 0 saturated heterocycles. The summed E-state index contributed by atoms with van der Waals surface area (Å²) in [5.74, 6) is -0.0185. The summed E-state index contributed by atoms with van der Waals surface area (Å²) in [6, 6.07) is 6.08. The van der Waals surface area contributed by atoms with Gasteiger partial charge < -0.3 is 4.74 Å². The number of carbonyl (C=O) groups excluding carboxylic acids is 1. The summed E-state index contributed by atoms with van der Waals surface area (Å²) in [4.78, 5) is 11.5. The van der Waals surface area contributed by atoms with Crippen LogP contribution in [0.4, 0.5) is 0 Å². The minimum absolute atomic E-state index is 0.0308. The van der Waals surface area contributed by atoms with Crippen LogP contribution in [0.25, 0.3) is 0 Å². The van der Waals surface area contributed by atoms with Gasteiger partial charge in [-0.25, -0.2) is 13.1 Å². The lowest BCUT2D eigenvalue weighted by Gasteiger charge is -2.08. The number of rotatable bonds is 7. The Balaban J connectivity index is 2.82. The van der Waals surface area contributed by atoms with Crippen molar-refractivity contribution in [2.75, 3.05) is 6.61 Å². The molecule has 0 heterocycles. The topological polar surface area (TPSA) is 72.5 Å². The first-order valence-corrected chi connectivity index (χ1v) is 7.76. The number of unbranched alkanes of at least 4 members (excludes halogenated alkanes) is 1. The lowest BCUT2D eigenvalue weighted by Crippen LogP contribution is -2.30. The Morgan fingerprint density at radius 3 is 2.68 bits per heavy atom. The van der Waals surface area contributed by atoms with E-state index in [4.69, 9.17) is 4.74 Å². The first-order valence-electron chi connectivity index (χ1n) is 6.28. The largest absolute Gasteiger partial charge is 0.494 e. The average Bonchev–Trinajstić information content (AvgIpc) is 2.36. The highest BCUT2D eigenvalue weighted by molar-refractivity contribution is 7.90. The molecule has 0 spiro atoms. The number of amides is 1. The minimum atomic E-state index is -3.81. The zero-order chi connectivity index (χ0) is 14.3. The Morgan fingerprint density at radius 1 is 1.32 bits per heavy atom. The van der Waals surface area contributed by atoms with Gasteiger partial charge in [-0.05, 0) is 25.5 Å². The third-order valence-corrected chi connectivity index (χ3v) is 3.80. The summed E-state index contributed by atoms with van der Waals surface area (Å²) < 4.78 is 31.2. The lowest BCUT2D eigenvalue weighted by molar-refractivity contribution is -0.119. The van der Waals surface area contributed by atoms with Crippen molar-refractivity contribution in [1.29, 1.82) is 0 Å². The molecule has 1 aromatic rings. The Morgan fingerprint density at radius 2 is 2.05 bits per heavy atom. The third kappa shape index (κ3) is 4.90. The van der Waals surface area contributed by atoms with E-state index < -0.39 is 15.9 Å². The molecule has 0 atom stereocenters. The van der Waals surface area contributed by atoms with Crippen molar-refractivity contribution in [1.82, 2.24) is 4.72 Å². The number of sulfonamides is 1. The van der Waals surface area contributed by atoms with Crippen molar-refractivity contribution in [3.8, 4) is 5.75 Å². The number of hydrogen-bond donors (Lipinski definition) is 1. The molecular weight excluding hydrogens is 266 g/mol. The van der Waals surface area contributed by atoms with E-state index in [1.54, 1.807) is 12.1 Å². The summed E-state index contributed by atoms with van der Waals surface area (Å²) in [6.07, 6.45) is 1.72. The van der Waals surface area contributed by atoms with Crippen LogP contribution in [0.1, 0.15) is 33.1 Å². The van der Waals surface area contributed by atoms with Crippen LogP contribution in [-0.2, 0) is 14.8 Å². The predicted octanol–water partition coefficient (Wildman–Crippen LogP) is 2.08. The molecule has 1 aromatic carbocycles. The molecule has 1 rings (SSSR count). The van der Waals surface area contributed by atoms with Gasteiger partial charge >= 0.3 is 0 Å². The SMILES string of the molecule is CCCCC(=O)NS(=O)(=O)c1cccc(OCC)c1. The van der Waals surface area contributed by atoms with Gasteiger partial charge in [0.1, 0.15) is 5.75 Å². The fraction of sp³-hybridized carbons (Fsp3) is 0.462. The number of hydrogen-bond acceptors (Lipinski definition) is 4. The fourth-order valence-corrected chi connectivity index (χ4v) is 2.54. The van der Waals surface area contributed by atoms with Crippen LogP contribution in [0, 0.1) is 0 Å². The first-order chi connectivity index (χ1) is 8.99. The highest BCUT2D eigenvalue weighted by Crippen LogP contribution is 2.17. The summed E-state index contributed by atoms with van der Waals surface area (Å²) in [5.41, 5.74) is 0. The van der Waals surface area contributed by atoms with Gasteiger partial charge in [-0.15, -0.1) is 0 Å². The van der Waals surface area contributed by atoms with Crippen molar-refractivity contribution in [3.05, 3.63) is 24.3 Å². The summed E-state index contributed by atoms with van der Waals surface area (Å²) in [5, 5.41) is 0. The van der Waals surface area contributed by atoms with E-state index >= 15 is 0 Å². The fourth-order valence-electron chi connectivity index (χ4n) is 1.49. The molecular formula is C13H19NO4S. The quantitative estimate of drug-likeness (QED) is 0.832. The van der Waals surface area contributed by atoms with E-state index in [1.807, 2.05) is 13.8 Å². The van der Waals surface area contributed by atoms with Crippen molar-refractivity contribution in [3.63, 3.8) is 0 Å². The lowest BCUT2D eigenvalue weighted by atomic mass is 10.2. The molecule has 0 aliphatic carbocycles. The maximum atomic E-state index is 12.0. The van der Waals surface area contributed by atoms with Gasteiger partial charge in [0.05, 0.1) is 11.5 Å². The maximum Gasteiger partial charge on any atom is 0.264 e. The molecule has 6 heteroatoms. The first kappa shape index (κ1) is 15.5. The Labute approximate surface area is 114 Å². The van der Waals surface area contributed by atoms with Gasteiger partial charge in [-0.2, -0.15) is 0 Å². The zero-order valence-electron chi connectivity index (χ0n) is 11.2. The van der Waals surface area contributed by atoms with Crippen LogP contribution in [0.5, 0.6) is 5.75 Å². The molecule has 0 unspecified atom stereocenters. The molecule has 5 nitrogen and oxygen atoms in total. The van der Waals surface area contributed by atoms with E-state index in [-0.39, 0.29) is 11.3 Å². The number of benzene rings is 1. The summed E-state index contributed by atoms with van der Waals surface area (Å²) in [7, 11) is -3.81. The van der Waals surface area contributed by atoms with Crippen molar-refractivity contribution in [2.45, 2.75) is 38.0 Å². The van der Waals surface area contributed by atoms with Gasteiger partial charge in [-0.1, -0.05) is 19.4 Å². The number of carbonyl (C=O) groups is 1. The van der Waals surface area contributed by atoms with E-state index in [9.17, 15) is 13.2 Å². The molecule has 0 aliphatic heterocycles. The molecule has 19 heavy (non-hydrogen) atoms. The van der Waals surface area contributed by atoms with Crippen LogP contribution in [0.2, 0.25) is 0 Å². The van der Waals surface area contributed by atoms with E-state index in [2.05, 4.69) is 4.72 Å². The van der Waals surface area contributed by atoms with Crippen LogP contribution in [-0.4, -0.2) is 20.9 Å². The Bertz CT molecular complexity index is 525. The highest BCUT2D eigenvalue weighted by atomic mass is 32.2. The second-order valence-electron chi connectivity index (χ2n) is 4.04. The monoisotopic (exact) mass is 285 g/mol. The van der Waals surface area contributed by atoms with Crippen molar-refractivity contribution >= 4 is 15.9 Å². The number of ether oxygens (including phenoxy) is 1. The molecule has 0 bridgehead atoms. The second kappa shape index (κ2) is 7.13. The molecule has 0 saturated carbocycles. The van der Waals surface area contributed by atoms with E-state index in [1.165, 1.54) is 12.1 Å². The van der Waals surface area contributed by atoms with Crippen LogP contribution in [0.15, 0.2) is 29.2 Å². The van der Waals surface area contributed by atoms with Crippen LogP contribution >= 0.6 is 0 Å². The maximum absolute atomic E-state index is 12.0. The molecule has 0 aromatic heterocycles. The smallest absolute Gasteiger partial charge is 0.264 e. The molecule has 0 fully saturated rings. The van der Waals surface area contributed by atoms with Crippen LogP contribution in [0.3, 0.4) is 0 Å². The number of nitrogens with one attached hydrogen (secondary N) is 1. The van der Waals surface area contributed by atoms with E-state index in [0.717, 1.165) is 6.42 Å². The molecule has 0 aliphatic rings.